The summed E-state index contributed by atoms with van der Waals surface area (Å²) in [5.41, 5.74) is 2.17. The third-order valence-corrected chi connectivity index (χ3v) is 3.43. The smallest absolute Gasteiger partial charge is 0.335 e. The maximum atomic E-state index is 12.4. The van der Waals surface area contributed by atoms with Crippen LogP contribution in [0.5, 0.6) is 0 Å². The lowest BCUT2D eigenvalue weighted by atomic mass is 9.95. The molecule has 0 fully saturated rings. The summed E-state index contributed by atoms with van der Waals surface area (Å²) >= 11 is 0. The molecule has 0 heterocycles. The van der Waals surface area contributed by atoms with Gasteiger partial charge in [-0.15, -0.1) is 0 Å². The maximum Gasteiger partial charge on any atom is 0.335 e. The summed E-state index contributed by atoms with van der Waals surface area (Å²) in [4.78, 5) is 23.7. The van der Waals surface area contributed by atoms with Gasteiger partial charge in [0.05, 0.1) is 5.56 Å². The van der Waals surface area contributed by atoms with Crippen LogP contribution < -0.4 is 0 Å². The minimum atomic E-state index is -0.945. The number of aromatic carboxylic acids is 1. The second-order valence-electron chi connectivity index (χ2n) is 4.98. The Labute approximate surface area is 124 Å². The van der Waals surface area contributed by atoms with Gasteiger partial charge in [-0.05, 0) is 30.5 Å². The van der Waals surface area contributed by atoms with E-state index in [-0.39, 0.29) is 11.3 Å². The minimum Gasteiger partial charge on any atom is -0.478 e. The summed E-state index contributed by atoms with van der Waals surface area (Å²) in [6, 6.07) is 13.9. The molecule has 0 spiro atoms. The van der Waals surface area contributed by atoms with Gasteiger partial charge in [0.15, 0.2) is 5.78 Å². The van der Waals surface area contributed by atoms with Gasteiger partial charge in [-0.25, -0.2) is 4.79 Å². The van der Waals surface area contributed by atoms with E-state index < -0.39 is 5.97 Å². The number of carbonyl (C=O) groups excluding carboxylic acids is 1. The molecule has 0 atom stereocenters. The molecule has 108 valence electrons. The van der Waals surface area contributed by atoms with E-state index in [4.69, 9.17) is 0 Å². The second-order valence-corrected chi connectivity index (χ2v) is 4.98. The predicted octanol–water partition coefficient (Wildman–Crippen LogP) is 3.96. The van der Waals surface area contributed by atoms with Crippen molar-refractivity contribution in [1.82, 2.24) is 0 Å². The first-order valence-corrected chi connectivity index (χ1v) is 7.09. The average Bonchev–Trinajstić information content (AvgIpc) is 2.52. The topological polar surface area (TPSA) is 54.4 Å². The van der Waals surface area contributed by atoms with E-state index in [0.29, 0.717) is 17.5 Å². The van der Waals surface area contributed by atoms with Crippen molar-refractivity contribution in [2.24, 2.45) is 0 Å². The van der Waals surface area contributed by atoms with Crippen molar-refractivity contribution < 1.29 is 14.7 Å². The van der Waals surface area contributed by atoms with Crippen molar-refractivity contribution in [3.63, 3.8) is 0 Å². The van der Waals surface area contributed by atoms with E-state index in [2.05, 4.69) is 6.92 Å². The maximum absolute atomic E-state index is 12.4. The zero-order valence-corrected chi connectivity index (χ0v) is 12.0. The van der Waals surface area contributed by atoms with Gasteiger partial charge in [-0.3, -0.25) is 4.79 Å². The average molecular weight is 282 g/mol. The van der Waals surface area contributed by atoms with Crippen molar-refractivity contribution in [3.05, 3.63) is 70.8 Å². The number of ketones is 1. The molecule has 3 heteroatoms. The first kappa shape index (κ1) is 15.0. The number of hydrogen-bond acceptors (Lipinski definition) is 2. The Morgan fingerprint density at radius 2 is 1.71 bits per heavy atom. The van der Waals surface area contributed by atoms with Crippen molar-refractivity contribution in [2.45, 2.75) is 26.2 Å². The summed E-state index contributed by atoms with van der Waals surface area (Å²) in [5.74, 6) is -1.02. The Kier molecular flexibility index (Phi) is 4.88. The molecule has 0 aliphatic carbocycles. The highest BCUT2D eigenvalue weighted by molar-refractivity contribution is 6.09. The number of carbonyl (C=O) groups is 2. The molecule has 21 heavy (non-hydrogen) atoms. The van der Waals surface area contributed by atoms with Gasteiger partial charge in [0.25, 0.3) is 0 Å². The highest BCUT2D eigenvalue weighted by Gasteiger charge is 2.14. The highest BCUT2D eigenvalue weighted by atomic mass is 16.4. The molecule has 0 radical (unpaired) electrons. The first-order chi connectivity index (χ1) is 10.1. The molecule has 0 amide bonds. The number of benzene rings is 2. The molecule has 0 saturated heterocycles. The first-order valence-electron chi connectivity index (χ1n) is 7.09. The van der Waals surface area contributed by atoms with Crippen molar-refractivity contribution in [1.29, 1.82) is 0 Å². The lowest BCUT2D eigenvalue weighted by Crippen LogP contribution is -2.07. The van der Waals surface area contributed by atoms with E-state index in [9.17, 15) is 14.7 Å². The quantitative estimate of drug-likeness (QED) is 0.816. The van der Waals surface area contributed by atoms with Crippen LogP contribution in [0, 0.1) is 0 Å². The Balaban J connectivity index is 2.37. The zero-order chi connectivity index (χ0) is 15.2. The number of hydrogen-bond donors (Lipinski definition) is 1. The number of carboxylic acid groups (broad SMARTS) is 1. The van der Waals surface area contributed by atoms with Gasteiger partial charge in [-0.1, -0.05) is 49.7 Å². The SMILES string of the molecule is CCCCc1cc(C(=O)c2ccccc2)ccc1C(=O)O. The predicted molar refractivity (Wildman–Crippen MR) is 81.9 cm³/mol. The van der Waals surface area contributed by atoms with Crippen molar-refractivity contribution in [2.75, 3.05) is 0 Å². The van der Waals surface area contributed by atoms with E-state index in [1.54, 1.807) is 24.3 Å². The summed E-state index contributed by atoms with van der Waals surface area (Å²) in [5, 5.41) is 9.23. The van der Waals surface area contributed by atoms with E-state index in [0.717, 1.165) is 18.4 Å². The van der Waals surface area contributed by atoms with Crippen LogP contribution in [0.3, 0.4) is 0 Å². The Bertz CT molecular complexity index is 645. The molecule has 0 aliphatic rings. The lowest BCUT2D eigenvalue weighted by molar-refractivity contribution is 0.0695. The molecule has 0 bridgehead atoms. The van der Waals surface area contributed by atoms with Gasteiger partial charge in [0, 0.05) is 11.1 Å². The number of carboxylic acids is 1. The minimum absolute atomic E-state index is 0.0784. The Morgan fingerprint density at radius 1 is 1.00 bits per heavy atom. The molecular weight excluding hydrogens is 264 g/mol. The fourth-order valence-electron chi connectivity index (χ4n) is 2.27. The van der Waals surface area contributed by atoms with Gasteiger partial charge < -0.3 is 5.11 Å². The van der Waals surface area contributed by atoms with Crippen LogP contribution in [-0.4, -0.2) is 16.9 Å². The van der Waals surface area contributed by atoms with E-state index in [1.807, 2.05) is 18.2 Å². The van der Waals surface area contributed by atoms with Crippen LogP contribution in [0.15, 0.2) is 48.5 Å². The van der Waals surface area contributed by atoms with Gasteiger partial charge in [-0.2, -0.15) is 0 Å². The second kappa shape index (κ2) is 6.84. The lowest BCUT2D eigenvalue weighted by Gasteiger charge is -2.08. The molecule has 2 aromatic carbocycles. The molecule has 2 aromatic rings. The summed E-state index contributed by atoms with van der Waals surface area (Å²) < 4.78 is 0. The van der Waals surface area contributed by atoms with Crippen LogP contribution >= 0.6 is 0 Å². The normalized spacial score (nSPS) is 10.3. The van der Waals surface area contributed by atoms with Gasteiger partial charge in [0.1, 0.15) is 0 Å². The van der Waals surface area contributed by atoms with Crippen molar-refractivity contribution in [3.8, 4) is 0 Å². The summed E-state index contributed by atoms with van der Waals surface area (Å²) in [6.45, 7) is 2.05. The fourth-order valence-corrected chi connectivity index (χ4v) is 2.27. The standard InChI is InChI=1S/C18H18O3/c1-2-3-7-14-12-15(10-11-16(14)18(20)21)17(19)13-8-5-4-6-9-13/h4-6,8-12H,2-3,7H2,1H3,(H,20,21). The molecule has 1 N–H and O–H groups in total. The molecule has 0 unspecified atom stereocenters. The Hall–Kier alpha value is -2.42. The Morgan fingerprint density at radius 3 is 2.33 bits per heavy atom. The van der Waals surface area contributed by atoms with Crippen molar-refractivity contribution >= 4 is 11.8 Å². The largest absolute Gasteiger partial charge is 0.478 e. The molecule has 2 rings (SSSR count). The van der Waals surface area contributed by atoms with Crippen LogP contribution in [0.1, 0.15) is 51.6 Å². The fraction of sp³-hybridized carbons (Fsp3) is 0.222. The molecule has 0 saturated carbocycles. The summed E-state index contributed by atoms with van der Waals surface area (Å²) in [7, 11) is 0. The van der Waals surface area contributed by atoms with Gasteiger partial charge in [0.2, 0.25) is 0 Å². The summed E-state index contributed by atoms with van der Waals surface area (Å²) in [6.07, 6.45) is 2.56. The molecule has 0 aliphatic heterocycles. The highest BCUT2D eigenvalue weighted by Crippen LogP contribution is 2.18. The number of unbranched alkanes of at least 4 members (excludes halogenated alkanes) is 1. The number of rotatable bonds is 6. The molecule has 0 aromatic heterocycles. The monoisotopic (exact) mass is 282 g/mol. The van der Waals surface area contributed by atoms with Crippen LogP contribution in [0.2, 0.25) is 0 Å². The molecular formula is C18H18O3. The van der Waals surface area contributed by atoms with Gasteiger partial charge >= 0.3 is 5.97 Å². The van der Waals surface area contributed by atoms with Crippen LogP contribution in [-0.2, 0) is 6.42 Å². The van der Waals surface area contributed by atoms with Crippen LogP contribution in [0.25, 0.3) is 0 Å². The van der Waals surface area contributed by atoms with Crippen LogP contribution in [0.4, 0.5) is 0 Å². The van der Waals surface area contributed by atoms with E-state index in [1.165, 1.54) is 6.07 Å². The van der Waals surface area contributed by atoms with E-state index >= 15 is 0 Å². The number of aryl methyl sites for hydroxylation is 1. The zero-order valence-electron chi connectivity index (χ0n) is 12.0. The molecule has 3 nitrogen and oxygen atoms in total. The third-order valence-electron chi connectivity index (χ3n) is 3.43. The third kappa shape index (κ3) is 3.57.